The number of hydrogen-bond acceptors (Lipinski definition) is 4. The molecule has 7 heteroatoms. The zero-order valence-electron chi connectivity index (χ0n) is 18.3. The van der Waals surface area contributed by atoms with Gasteiger partial charge in [-0.2, -0.15) is 0 Å². The molecule has 3 aromatic carbocycles. The van der Waals surface area contributed by atoms with Crippen LogP contribution in [0.3, 0.4) is 0 Å². The Hall–Kier alpha value is -3.87. The number of aryl methyl sites for hydroxylation is 1. The third-order valence-corrected chi connectivity index (χ3v) is 4.97. The zero-order valence-corrected chi connectivity index (χ0v) is 18.3. The summed E-state index contributed by atoms with van der Waals surface area (Å²) in [5, 5.41) is 4.85. The number of hydrazine groups is 1. The van der Waals surface area contributed by atoms with Crippen molar-refractivity contribution in [2.45, 2.75) is 39.3 Å². The van der Waals surface area contributed by atoms with Gasteiger partial charge in [0.25, 0.3) is 5.91 Å². The Labute approximate surface area is 187 Å². The monoisotopic (exact) mass is 433 g/mol. The van der Waals surface area contributed by atoms with Gasteiger partial charge in [-0.15, -0.1) is 0 Å². The van der Waals surface area contributed by atoms with Crippen LogP contribution in [0.2, 0.25) is 0 Å². The second kappa shape index (κ2) is 10.4. The molecule has 0 saturated carbocycles. The number of hydrogen-bond donors (Lipinski definition) is 3. The molecule has 0 bridgehead atoms. The predicted octanol–water partition coefficient (Wildman–Crippen LogP) is 3.33. The maximum absolute atomic E-state index is 12.4. The lowest BCUT2D eigenvalue weighted by atomic mass is 10.0. The number of nitrogens with one attached hydrogen (secondary N) is 3. The molecule has 3 aromatic rings. The van der Waals surface area contributed by atoms with Gasteiger partial charge >= 0.3 is 0 Å². The van der Waals surface area contributed by atoms with E-state index < -0.39 is 24.0 Å². The van der Waals surface area contributed by atoms with Gasteiger partial charge in [0, 0.05) is 6.92 Å². The van der Waals surface area contributed by atoms with E-state index in [1.165, 1.54) is 6.92 Å². The normalized spacial score (nSPS) is 12.5. The van der Waals surface area contributed by atoms with Crippen molar-refractivity contribution in [3.05, 3.63) is 77.9 Å². The molecule has 0 aliphatic heterocycles. The standard InChI is InChI=1S/C25H27N3O4/c1-16-8-10-20(11-9-16)23(26-18(3)29)15-24(30)27-28-25(31)17(2)32-22-13-12-19-6-4-5-7-21(19)14-22/h4-14,17,23H,15H2,1-3H3,(H,26,29)(H,27,30)(H,28,31). The van der Waals surface area contributed by atoms with E-state index in [-0.39, 0.29) is 12.3 Å². The molecule has 3 rings (SSSR count). The predicted molar refractivity (Wildman–Crippen MR) is 123 cm³/mol. The number of ether oxygens (including phenoxy) is 1. The Kier molecular flexibility index (Phi) is 7.44. The highest BCUT2D eigenvalue weighted by atomic mass is 16.5. The smallest absolute Gasteiger partial charge is 0.279 e. The molecule has 0 aromatic heterocycles. The summed E-state index contributed by atoms with van der Waals surface area (Å²) in [5.74, 6) is -0.610. The van der Waals surface area contributed by atoms with Crippen LogP contribution in [0.5, 0.6) is 5.75 Å². The fourth-order valence-corrected chi connectivity index (χ4v) is 3.26. The SMILES string of the molecule is CC(=O)NC(CC(=O)NNC(=O)C(C)Oc1ccc2ccccc2c1)c1ccc(C)cc1. The first kappa shape index (κ1) is 22.8. The zero-order chi connectivity index (χ0) is 23.1. The van der Waals surface area contributed by atoms with Crippen molar-refractivity contribution in [1.82, 2.24) is 16.2 Å². The molecule has 3 N–H and O–H groups in total. The lowest BCUT2D eigenvalue weighted by Crippen LogP contribution is -2.48. The summed E-state index contributed by atoms with van der Waals surface area (Å²) in [5.41, 5.74) is 6.66. The summed E-state index contributed by atoms with van der Waals surface area (Å²) in [4.78, 5) is 36.3. The molecule has 0 heterocycles. The molecule has 0 fully saturated rings. The molecular formula is C25H27N3O4. The highest BCUT2D eigenvalue weighted by Gasteiger charge is 2.19. The van der Waals surface area contributed by atoms with Crippen LogP contribution in [0.15, 0.2) is 66.7 Å². The number of carbonyl (C=O) groups excluding carboxylic acids is 3. The van der Waals surface area contributed by atoms with E-state index in [2.05, 4.69) is 16.2 Å². The number of carbonyl (C=O) groups is 3. The minimum absolute atomic E-state index is 0.0250. The highest BCUT2D eigenvalue weighted by Crippen LogP contribution is 2.21. The van der Waals surface area contributed by atoms with Crippen molar-refractivity contribution < 1.29 is 19.1 Å². The first-order valence-corrected chi connectivity index (χ1v) is 10.4. The van der Waals surface area contributed by atoms with Gasteiger partial charge in [0.15, 0.2) is 6.10 Å². The quantitative estimate of drug-likeness (QED) is 0.498. The van der Waals surface area contributed by atoms with Crippen LogP contribution in [-0.4, -0.2) is 23.8 Å². The van der Waals surface area contributed by atoms with E-state index in [9.17, 15) is 14.4 Å². The van der Waals surface area contributed by atoms with Crippen LogP contribution >= 0.6 is 0 Å². The maximum atomic E-state index is 12.4. The average molecular weight is 434 g/mol. The van der Waals surface area contributed by atoms with Crippen LogP contribution in [0.1, 0.15) is 37.4 Å². The highest BCUT2D eigenvalue weighted by molar-refractivity contribution is 5.86. The number of amides is 3. The van der Waals surface area contributed by atoms with Crippen LogP contribution in [0.4, 0.5) is 0 Å². The first-order valence-electron chi connectivity index (χ1n) is 10.4. The van der Waals surface area contributed by atoms with Crippen LogP contribution in [0, 0.1) is 6.92 Å². The van der Waals surface area contributed by atoms with E-state index in [1.54, 1.807) is 13.0 Å². The Balaban J connectivity index is 1.54. The molecule has 32 heavy (non-hydrogen) atoms. The molecule has 0 aliphatic carbocycles. The van der Waals surface area contributed by atoms with Crippen molar-refractivity contribution in [3.8, 4) is 5.75 Å². The lowest BCUT2D eigenvalue weighted by Gasteiger charge is -2.19. The fourth-order valence-electron chi connectivity index (χ4n) is 3.26. The number of benzene rings is 3. The van der Waals surface area contributed by atoms with E-state index in [0.717, 1.165) is 21.9 Å². The number of fused-ring (bicyclic) bond motifs is 1. The third-order valence-electron chi connectivity index (χ3n) is 4.97. The van der Waals surface area contributed by atoms with Crippen molar-refractivity contribution in [3.63, 3.8) is 0 Å². The Morgan fingerprint density at radius 1 is 0.906 bits per heavy atom. The lowest BCUT2D eigenvalue weighted by molar-refractivity contribution is -0.133. The van der Waals surface area contributed by atoms with Gasteiger partial charge in [0.1, 0.15) is 5.75 Å². The summed E-state index contributed by atoms with van der Waals surface area (Å²) < 4.78 is 5.71. The molecule has 2 atom stereocenters. The molecule has 166 valence electrons. The van der Waals surface area contributed by atoms with Gasteiger partial charge in [-0.25, -0.2) is 0 Å². The number of rotatable bonds is 7. The summed E-state index contributed by atoms with van der Waals surface area (Å²) in [6, 6.07) is 20.5. The fraction of sp³-hybridized carbons (Fsp3) is 0.240. The van der Waals surface area contributed by atoms with Gasteiger partial charge < -0.3 is 10.1 Å². The van der Waals surface area contributed by atoms with E-state index in [1.807, 2.05) is 67.6 Å². The van der Waals surface area contributed by atoms with Gasteiger partial charge in [-0.3, -0.25) is 25.2 Å². The summed E-state index contributed by atoms with van der Waals surface area (Å²) >= 11 is 0. The van der Waals surface area contributed by atoms with Crippen molar-refractivity contribution in [2.75, 3.05) is 0 Å². The minimum Gasteiger partial charge on any atom is -0.481 e. The van der Waals surface area contributed by atoms with Gasteiger partial charge in [-0.05, 0) is 42.3 Å². The average Bonchev–Trinajstić information content (AvgIpc) is 2.77. The Morgan fingerprint density at radius 3 is 2.28 bits per heavy atom. The van der Waals surface area contributed by atoms with Crippen LogP contribution in [-0.2, 0) is 14.4 Å². The van der Waals surface area contributed by atoms with Crippen LogP contribution < -0.4 is 20.9 Å². The van der Waals surface area contributed by atoms with Crippen molar-refractivity contribution in [2.24, 2.45) is 0 Å². The van der Waals surface area contributed by atoms with E-state index in [4.69, 9.17) is 4.74 Å². The molecular weight excluding hydrogens is 406 g/mol. The Bertz CT molecular complexity index is 1110. The van der Waals surface area contributed by atoms with E-state index >= 15 is 0 Å². The largest absolute Gasteiger partial charge is 0.481 e. The summed E-state index contributed by atoms with van der Waals surface area (Å²) in [6.45, 7) is 4.95. The minimum atomic E-state index is -0.820. The molecule has 0 aliphatic rings. The van der Waals surface area contributed by atoms with Gasteiger partial charge in [0.2, 0.25) is 11.8 Å². The van der Waals surface area contributed by atoms with Crippen molar-refractivity contribution in [1.29, 1.82) is 0 Å². The second-order valence-electron chi connectivity index (χ2n) is 7.67. The van der Waals surface area contributed by atoms with Gasteiger partial charge in [0.05, 0.1) is 12.5 Å². The van der Waals surface area contributed by atoms with Crippen LogP contribution in [0.25, 0.3) is 10.8 Å². The van der Waals surface area contributed by atoms with E-state index in [0.29, 0.717) is 5.75 Å². The molecule has 7 nitrogen and oxygen atoms in total. The second-order valence-corrected chi connectivity index (χ2v) is 7.67. The Morgan fingerprint density at radius 2 is 1.59 bits per heavy atom. The summed E-state index contributed by atoms with van der Waals surface area (Å²) in [7, 11) is 0. The summed E-state index contributed by atoms with van der Waals surface area (Å²) in [6.07, 6.45) is -0.845. The molecule has 0 saturated heterocycles. The third kappa shape index (κ3) is 6.31. The maximum Gasteiger partial charge on any atom is 0.279 e. The first-order chi connectivity index (χ1) is 15.3. The van der Waals surface area contributed by atoms with Gasteiger partial charge in [-0.1, -0.05) is 60.2 Å². The van der Waals surface area contributed by atoms with Crippen molar-refractivity contribution >= 4 is 28.5 Å². The topological polar surface area (TPSA) is 96.5 Å². The molecule has 3 amide bonds. The molecule has 0 radical (unpaired) electrons. The molecule has 0 spiro atoms. The molecule has 2 unspecified atom stereocenters.